The van der Waals surface area contributed by atoms with Gasteiger partial charge in [-0.3, -0.25) is 0 Å². The summed E-state index contributed by atoms with van der Waals surface area (Å²) in [5.41, 5.74) is -0.00493. The fourth-order valence-corrected chi connectivity index (χ4v) is 3.57. The monoisotopic (exact) mass is 285 g/mol. The number of rotatable bonds is 1. The van der Waals surface area contributed by atoms with Crippen molar-refractivity contribution >= 4 is 18.7 Å². The van der Waals surface area contributed by atoms with E-state index in [0.29, 0.717) is 10.7 Å². The second-order valence-corrected chi connectivity index (χ2v) is 8.23. The number of carbonyl (C=O) groups excluding carboxylic acids is 1. The van der Waals surface area contributed by atoms with Crippen LogP contribution >= 0.6 is 12.6 Å². The Morgan fingerprint density at radius 3 is 2.26 bits per heavy atom. The van der Waals surface area contributed by atoms with Crippen molar-refractivity contribution in [3.8, 4) is 0 Å². The summed E-state index contributed by atoms with van der Waals surface area (Å²) in [6.07, 6.45) is 4.84. The molecule has 3 nitrogen and oxygen atoms in total. The van der Waals surface area contributed by atoms with Crippen LogP contribution in [0.2, 0.25) is 0 Å². The Morgan fingerprint density at radius 2 is 1.84 bits per heavy atom. The first-order valence-electron chi connectivity index (χ1n) is 7.37. The average Bonchev–Trinajstić information content (AvgIpc) is 2.23. The quantitative estimate of drug-likeness (QED) is 0.744. The normalized spacial score (nSPS) is 25.0. The Hall–Kier alpha value is -0.380. The van der Waals surface area contributed by atoms with Crippen LogP contribution in [0, 0.1) is 11.3 Å². The Bertz CT molecular complexity index is 333. The van der Waals surface area contributed by atoms with E-state index in [0.717, 1.165) is 19.0 Å². The molecule has 1 saturated carbocycles. The zero-order valence-corrected chi connectivity index (χ0v) is 13.5. The zero-order chi connectivity index (χ0) is 14.3. The van der Waals surface area contributed by atoms with E-state index in [1.54, 1.807) is 0 Å². The van der Waals surface area contributed by atoms with Crippen molar-refractivity contribution in [1.82, 2.24) is 4.90 Å². The highest BCUT2D eigenvalue weighted by Crippen LogP contribution is 2.47. The van der Waals surface area contributed by atoms with Gasteiger partial charge in [-0.1, -0.05) is 6.92 Å². The molecule has 1 aliphatic heterocycles. The summed E-state index contributed by atoms with van der Waals surface area (Å²) in [5, 5.41) is 0.499. The summed E-state index contributed by atoms with van der Waals surface area (Å²) in [6.45, 7) is 9.71. The third-order valence-electron chi connectivity index (χ3n) is 4.48. The predicted octanol–water partition coefficient (Wildman–Crippen LogP) is 3.73. The number of hydrogen-bond donors (Lipinski definition) is 1. The number of hydrogen-bond acceptors (Lipinski definition) is 3. The summed E-state index contributed by atoms with van der Waals surface area (Å²) >= 11 is 4.56. The van der Waals surface area contributed by atoms with E-state index in [4.69, 9.17) is 4.74 Å². The maximum atomic E-state index is 11.9. The van der Waals surface area contributed by atoms with Gasteiger partial charge in [-0.25, -0.2) is 4.79 Å². The molecule has 19 heavy (non-hydrogen) atoms. The molecule has 0 bridgehead atoms. The highest BCUT2D eigenvalue weighted by Gasteiger charge is 2.48. The molecule has 0 aromatic carbocycles. The van der Waals surface area contributed by atoms with Crippen molar-refractivity contribution in [2.24, 2.45) is 11.3 Å². The summed E-state index contributed by atoms with van der Waals surface area (Å²) < 4.78 is 5.41. The molecule has 0 aromatic heterocycles. The lowest BCUT2D eigenvalue weighted by atomic mass is 9.65. The van der Waals surface area contributed by atoms with E-state index in [2.05, 4.69) is 19.6 Å². The Labute approximate surface area is 122 Å². The van der Waals surface area contributed by atoms with Crippen LogP contribution in [0.1, 0.15) is 53.4 Å². The first-order chi connectivity index (χ1) is 8.71. The average molecular weight is 285 g/mol. The van der Waals surface area contributed by atoms with Gasteiger partial charge in [-0.05, 0) is 52.4 Å². The molecule has 0 aromatic rings. The van der Waals surface area contributed by atoms with Crippen LogP contribution in [-0.2, 0) is 4.74 Å². The number of thiol groups is 1. The van der Waals surface area contributed by atoms with Gasteiger partial charge in [0.25, 0.3) is 0 Å². The van der Waals surface area contributed by atoms with Gasteiger partial charge in [0.15, 0.2) is 0 Å². The number of nitrogens with zero attached hydrogens (tertiary/aromatic N) is 1. The molecule has 0 N–H and O–H groups in total. The SMILES string of the molecule is CC(S)C1CCC2(CC1)CN(C(=O)OC(C)(C)C)C2. The molecule has 2 rings (SSSR count). The second-order valence-electron chi connectivity index (χ2n) is 7.41. The molecule has 0 radical (unpaired) electrons. The van der Waals surface area contributed by atoms with Crippen molar-refractivity contribution < 1.29 is 9.53 Å². The topological polar surface area (TPSA) is 29.5 Å². The molecule has 4 heteroatoms. The number of amides is 1. The van der Waals surface area contributed by atoms with Gasteiger partial charge in [0.05, 0.1) is 0 Å². The fraction of sp³-hybridized carbons (Fsp3) is 0.933. The lowest BCUT2D eigenvalue weighted by molar-refractivity contribution is -0.0541. The standard InChI is InChI=1S/C15H27NO2S/c1-11(19)12-5-7-15(8-6-12)9-16(10-15)13(17)18-14(2,3)4/h11-12,19H,5-10H2,1-4H3. The smallest absolute Gasteiger partial charge is 0.410 e. The highest BCUT2D eigenvalue weighted by molar-refractivity contribution is 7.80. The summed E-state index contributed by atoms with van der Waals surface area (Å²) in [6, 6.07) is 0. The van der Waals surface area contributed by atoms with Crippen molar-refractivity contribution in [3.05, 3.63) is 0 Å². The maximum absolute atomic E-state index is 11.9. The summed E-state index contributed by atoms with van der Waals surface area (Å²) in [5.74, 6) is 0.754. The molecule has 1 spiro atoms. The molecule has 1 saturated heterocycles. The maximum Gasteiger partial charge on any atom is 0.410 e. The van der Waals surface area contributed by atoms with Gasteiger partial charge in [0.1, 0.15) is 5.60 Å². The van der Waals surface area contributed by atoms with Crippen LogP contribution in [0.25, 0.3) is 0 Å². The Kier molecular flexibility index (Phi) is 4.10. The molecule has 2 fully saturated rings. The number of ether oxygens (including phenoxy) is 1. The lowest BCUT2D eigenvalue weighted by Crippen LogP contribution is -2.60. The Balaban J connectivity index is 1.79. The van der Waals surface area contributed by atoms with Crippen LogP contribution in [-0.4, -0.2) is 34.9 Å². The first-order valence-corrected chi connectivity index (χ1v) is 7.88. The van der Waals surface area contributed by atoms with E-state index in [9.17, 15) is 4.79 Å². The Morgan fingerprint density at radius 1 is 1.32 bits per heavy atom. The lowest BCUT2D eigenvalue weighted by Gasteiger charge is -2.53. The van der Waals surface area contributed by atoms with Gasteiger partial charge < -0.3 is 9.64 Å². The fourth-order valence-electron chi connectivity index (χ4n) is 3.27. The molecule has 1 aliphatic carbocycles. The van der Waals surface area contributed by atoms with Crippen molar-refractivity contribution in [2.75, 3.05) is 13.1 Å². The van der Waals surface area contributed by atoms with Gasteiger partial charge in [-0.2, -0.15) is 12.6 Å². The minimum absolute atomic E-state index is 0.150. The van der Waals surface area contributed by atoms with Gasteiger partial charge >= 0.3 is 6.09 Å². The third kappa shape index (κ3) is 3.59. The van der Waals surface area contributed by atoms with Crippen LogP contribution in [0.5, 0.6) is 0 Å². The van der Waals surface area contributed by atoms with Gasteiger partial charge in [0, 0.05) is 23.8 Å². The van der Waals surface area contributed by atoms with E-state index in [1.807, 2.05) is 25.7 Å². The first kappa shape index (κ1) is 15.0. The van der Waals surface area contributed by atoms with E-state index >= 15 is 0 Å². The minimum Gasteiger partial charge on any atom is -0.444 e. The minimum atomic E-state index is -0.390. The molecular formula is C15H27NO2S. The summed E-state index contributed by atoms with van der Waals surface area (Å²) in [4.78, 5) is 13.8. The van der Waals surface area contributed by atoms with Crippen LogP contribution in [0.15, 0.2) is 0 Å². The van der Waals surface area contributed by atoms with E-state index in [1.165, 1.54) is 25.7 Å². The van der Waals surface area contributed by atoms with Crippen molar-refractivity contribution in [1.29, 1.82) is 0 Å². The van der Waals surface area contributed by atoms with Crippen LogP contribution in [0.3, 0.4) is 0 Å². The number of carbonyl (C=O) groups is 1. The molecule has 2 aliphatic rings. The molecular weight excluding hydrogens is 258 g/mol. The van der Waals surface area contributed by atoms with Crippen LogP contribution < -0.4 is 0 Å². The van der Waals surface area contributed by atoms with E-state index in [-0.39, 0.29) is 11.7 Å². The molecule has 1 unspecified atom stereocenters. The summed E-state index contributed by atoms with van der Waals surface area (Å²) in [7, 11) is 0. The third-order valence-corrected chi connectivity index (χ3v) is 4.90. The van der Waals surface area contributed by atoms with Crippen molar-refractivity contribution in [3.63, 3.8) is 0 Å². The molecule has 1 atom stereocenters. The largest absolute Gasteiger partial charge is 0.444 e. The predicted molar refractivity (Wildman–Crippen MR) is 80.6 cm³/mol. The highest BCUT2D eigenvalue weighted by atomic mass is 32.1. The van der Waals surface area contributed by atoms with Crippen LogP contribution in [0.4, 0.5) is 4.79 Å². The van der Waals surface area contributed by atoms with E-state index < -0.39 is 0 Å². The number of likely N-dealkylation sites (tertiary alicyclic amines) is 1. The molecule has 110 valence electrons. The molecule has 1 heterocycles. The second kappa shape index (κ2) is 5.19. The van der Waals surface area contributed by atoms with Gasteiger partial charge in [-0.15, -0.1) is 0 Å². The van der Waals surface area contributed by atoms with Gasteiger partial charge in [0.2, 0.25) is 0 Å². The zero-order valence-electron chi connectivity index (χ0n) is 12.6. The molecule has 1 amide bonds. The van der Waals surface area contributed by atoms with Crippen molar-refractivity contribution in [2.45, 2.75) is 64.2 Å².